The summed E-state index contributed by atoms with van der Waals surface area (Å²) in [5.74, 6) is 1.92. The minimum absolute atomic E-state index is 0.453. The van der Waals surface area contributed by atoms with Gasteiger partial charge in [-0.2, -0.15) is 5.10 Å². The van der Waals surface area contributed by atoms with Gasteiger partial charge in [-0.05, 0) is 18.2 Å². The second-order valence-electron chi connectivity index (χ2n) is 5.86. The van der Waals surface area contributed by atoms with Gasteiger partial charge in [-0.3, -0.25) is 4.68 Å². The quantitative estimate of drug-likeness (QED) is 0.788. The number of aliphatic hydroxyl groups is 1. The van der Waals surface area contributed by atoms with Gasteiger partial charge in [0, 0.05) is 19.3 Å². The van der Waals surface area contributed by atoms with E-state index in [1.807, 2.05) is 48.3 Å². The van der Waals surface area contributed by atoms with Gasteiger partial charge in [0.15, 0.2) is 0 Å². The molecule has 1 aliphatic heterocycles. The van der Waals surface area contributed by atoms with Crippen LogP contribution < -0.4 is 9.64 Å². The first kappa shape index (κ1) is 14.6. The van der Waals surface area contributed by atoms with E-state index < -0.39 is 5.60 Å². The van der Waals surface area contributed by atoms with Gasteiger partial charge in [-0.1, -0.05) is 18.2 Å². The topological polar surface area (TPSA) is 76.3 Å². The number of benzene rings is 1. The van der Waals surface area contributed by atoms with Crippen LogP contribution in [0.25, 0.3) is 0 Å². The monoisotopic (exact) mass is 323 g/mol. The molecule has 2 aromatic heterocycles. The van der Waals surface area contributed by atoms with E-state index in [1.165, 1.54) is 6.33 Å². The second kappa shape index (κ2) is 5.61. The highest BCUT2D eigenvalue weighted by Crippen LogP contribution is 2.35. The van der Waals surface area contributed by atoms with Crippen molar-refractivity contribution < 1.29 is 9.84 Å². The Bertz CT molecular complexity index is 843. The molecule has 1 N–H and O–H groups in total. The number of ether oxygens (including phenoxy) is 1. The lowest BCUT2D eigenvalue weighted by Gasteiger charge is -2.46. The van der Waals surface area contributed by atoms with Crippen LogP contribution in [-0.2, 0) is 12.6 Å². The zero-order chi connectivity index (χ0) is 16.6. The number of rotatable bonds is 4. The third kappa shape index (κ3) is 2.59. The second-order valence-corrected chi connectivity index (χ2v) is 5.86. The van der Waals surface area contributed by atoms with Gasteiger partial charge in [-0.15, -0.1) is 0 Å². The summed E-state index contributed by atoms with van der Waals surface area (Å²) in [4.78, 5) is 10.4. The van der Waals surface area contributed by atoms with E-state index in [0.29, 0.717) is 19.0 Å². The van der Waals surface area contributed by atoms with Crippen LogP contribution in [0.2, 0.25) is 0 Å². The van der Waals surface area contributed by atoms with Crippen molar-refractivity contribution >= 4 is 5.82 Å². The predicted molar refractivity (Wildman–Crippen MR) is 87.9 cm³/mol. The first-order valence-electron chi connectivity index (χ1n) is 7.65. The molecule has 0 amide bonds. The number of hydrogen-bond donors (Lipinski definition) is 1. The molecule has 7 heteroatoms. The molecule has 0 bridgehead atoms. The zero-order valence-electron chi connectivity index (χ0n) is 13.2. The van der Waals surface area contributed by atoms with Crippen molar-refractivity contribution in [1.29, 1.82) is 0 Å². The highest BCUT2D eigenvalue weighted by atomic mass is 16.5. The molecule has 1 saturated heterocycles. The third-order valence-electron chi connectivity index (χ3n) is 4.12. The summed E-state index contributed by atoms with van der Waals surface area (Å²) in [6, 6.07) is 13.1. The fourth-order valence-corrected chi connectivity index (χ4v) is 2.91. The molecule has 4 rings (SSSR count). The van der Waals surface area contributed by atoms with Crippen molar-refractivity contribution in [2.75, 3.05) is 18.0 Å². The van der Waals surface area contributed by atoms with Crippen LogP contribution in [0.5, 0.6) is 11.6 Å². The molecule has 0 atom stereocenters. The van der Waals surface area contributed by atoms with E-state index in [2.05, 4.69) is 15.1 Å². The number of nitrogens with zero attached hydrogens (tertiary/aromatic N) is 5. The van der Waals surface area contributed by atoms with Gasteiger partial charge in [0.2, 0.25) is 5.88 Å². The van der Waals surface area contributed by atoms with Crippen molar-refractivity contribution in [2.24, 2.45) is 7.05 Å². The third-order valence-corrected chi connectivity index (χ3v) is 4.12. The maximum atomic E-state index is 10.7. The summed E-state index contributed by atoms with van der Waals surface area (Å²) in [5, 5.41) is 14.8. The Kier molecular flexibility index (Phi) is 3.42. The lowest BCUT2D eigenvalue weighted by molar-refractivity contribution is -0.000528. The van der Waals surface area contributed by atoms with Crippen molar-refractivity contribution in [1.82, 2.24) is 19.7 Å². The Morgan fingerprint density at radius 3 is 2.62 bits per heavy atom. The summed E-state index contributed by atoms with van der Waals surface area (Å²) < 4.78 is 7.42. The summed E-state index contributed by atoms with van der Waals surface area (Å²) >= 11 is 0. The Balaban J connectivity index is 1.49. The molecule has 1 aliphatic rings. The molecule has 1 aromatic carbocycles. The molecule has 122 valence electrons. The van der Waals surface area contributed by atoms with E-state index in [-0.39, 0.29) is 0 Å². The van der Waals surface area contributed by atoms with Crippen molar-refractivity contribution in [2.45, 2.75) is 5.60 Å². The maximum absolute atomic E-state index is 10.7. The van der Waals surface area contributed by atoms with Gasteiger partial charge >= 0.3 is 0 Å². The summed E-state index contributed by atoms with van der Waals surface area (Å²) in [5.41, 5.74) is -0.107. The zero-order valence-corrected chi connectivity index (χ0v) is 13.2. The molecule has 3 aromatic rings. The lowest BCUT2D eigenvalue weighted by Crippen LogP contribution is -2.60. The fourth-order valence-electron chi connectivity index (χ4n) is 2.91. The van der Waals surface area contributed by atoms with Crippen LogP contribution >= 0.6 is 0 Å². The van der Waals surface area contributed by atoms with Crippen molar-refractivity contribution in [3.05, 3.63) is 60.7 Å². The number of para-hydroxylation sites is 1. The van der Waals surface area contributed by atoms with Gasteiger partial charge in [-0.25, -0.2) is 9.97 Å². The number of aromatic nitrogens is 4. The maximum Gasteiger partial charge on any atom is 0.224 e. The van der Waals surface area contributed by atoms with E-state index in [9.17, 15) is 5.11 Å². The van der Waals surface area contributed by atoms with E-state index >= 15 is 0 Å². The van der Waals surface area contributed by atoms with Crippen molar-refractivity contribution in [3.8, 4) is 11.6 Å². The van der Waals surface area contributed by atoms with E-state index in [4.69, 9.17) is 4.74 Å². The largest absolute Gasteiger partial charge is 0.439 e. The van der Waals surface area contributed by atoms with Gasteiger partial charge in [0.1, 0.15) is 23.5 Å². The minimum Gasteiger partial charge on any atom is -0.439 e. The molecule has 3 heterocycles. The predicted octanol–water partition coefficient (Wildman–Crippen LogP) is 1.71. The fraction of sp³-hybridized carbons (Fsp3) is 0.235. The lowest BCUT2D eigenvalue weighted by atomic mass is 9.90. The number of aryl methyl sites for hydroxylation is 1. The summed E-state index contributed by atoms with van der Waals surface area (Å²) in [6.07, 6.45) is 3.15. The summed E-state index contributed by atoms with van der Waals surface area (Å²) in [6.45, 7) is 0.905. The first-order valence-corrected chi connectivity index (χ1v) is 7.65. The van der Waals surface area contributed by atoms with Crippen LogP contribution in [0.15, 0.2) is 55.0 Å². The van der Waals surface area contributed by atoms with Crippen LogP contribution in [0.4, 0.5) is 5.82 Å². The Hall–Kier alpha value is -2.93. The molecular formula is C17H17N5O2. The standard InChI is InChI=1S/C17H17N5O2/c1-21-14(7-8-20-21)17(23)10-22(11-17)15-9-16(19-12-18-15)24-13-5-3-2-4-6-13/h2-9,12,23H,10-11H2,1H3. The molecule has 0 aliphatic carbocycles. The van der Waals surface area contributed by atoms with Gasteiger partial charge in [0.05, 0.1) is 18.8 Å². The SMILES string of the molecule is Cn1nccc1C1(O)CN(c2cc(Oc3ccccc3)ncn2)C1. The Morgan fingerprint density at radius 2 is 1.92 bits per heavy atom. The smallest absolute Gasteiger partial charge is 0.224 e. The minimum atomic E-state index is -0.906. The van der Waals surface area contributed by atoms with E-state index in [0.717, 1.165) is 17.3 Å². The average molecular weight is 323 g/mol. The van der Waals surface area contributed by atoms with Crippen molar-refractivity contribution in [3.63, 3.8) is 0 Å². The Morgan fingerprint density at radius 1 is 1.12 bits per heavy atom. The van der Waals surface area contributed by atoms with E-state index in [1.54, 1.807) is 16.9 Å². The van der Waals surface area contributed by atoms with Crippen LogP contribution in [0, 0.1) is 0 Å². The number of anilines is 1. The van der Waals surface area contributed by atoms with Gasteiger partial charge in [0.25, 0.3) is 0 Å². The average Bonchev–Trinajstić information content (AvgIpc) is 3.00. The highest BCUT2D eigenvalue weighted by Gasteiger charge is 2.45. The molecule has 0 spiro atoms. The molecule has 0 radical (unpaired) electrons. The molecular weight excluding hydrogens is 306 g/mol. The normalized spacial score (nSPS) is 15.8. The number of hydrogen-bond acceptors (Lipinski definition) is 6. The summed E-state index contributed by atoms with van der Waals surface area (Å²) in [7, 11) is 1.83. The van der Waals surface area contributed by atoms with Crippen LogP contribution in [0.1, 0.15) is 5.69 Å². The van der Waals surface area contributed by atoms with Gasteiger partial charge < -0.3 is 14.7 Å². The molecule has 7 nitrogen and oxygen atoms in total. The molecule has 0 unspecified atom stereocenters. The first-order chi connectivity index (χ1) is 11.6. The molecule has 1 fully saturated rings. The molecule has 0 saturated carbocycles. The molecule has 24 heavy (non-hydrogen) atoms. The van der Waals surface area contributed by atoms with Crippen LogP contribution in [0.3, 0.4) is 0 Å². The van der Waals surface area contributed by atoms with Crippen LogP contribution in [-0.4, -0.2) is 37.9 Å². The number of β-amino-alcohol motifs (C(OH)–C–C–N with tert-alkyl or cyclic N) is 1. The Labute approximate surface area is 139 Å². The highest BCUT2D eigenvalue weighted by molar-refractivity contribution is 5.47.